The molecule has 2 heterocycles. The van der Waals surface area contributed by atoms with Gasteiger partial charge in [0.25, 0.3) is 0 Å². The van der Waals surface area contributed by atoms with Crippen molar-refractivity contribution in [2.45, 2.75) is 206 Å². The highest BCUT2D eigenvalue weighted by atomic mass is 16.5. The molecule has 1 saturated heterocycles. The van der Waals surface area contributed by atoms with Gasteiger partial charge < -0.3 is 28.6 Å². The summed E-state index contributed by atoms with van der Waals surface area (Å²) in [6, 6.07) is 0. The molecule has 5 saturated carbocycles. The Bertz CT molecular complexity index is 1850. The maximum absolute atomic E-state index is 8.52. The van der Waals surface area contributed by atoms with Gasteiger partial charge in [0.15, 0.2) is 0 Å². The van der Waals surface area contributed by atoms with E-state index in [9.17, 15) is 0 Å². The molecule has 0 aromatic carbocycles. The molecule has 0 aromatic rings. The fourth-order valence-electron chi connectivity index (χ4n) is 20.0. The van der Waals surface area contributed by atoms with Gasteiger partial charge in [-0.3, -0.25) is 0 Å². The Morgan fingerprint density at radius 1 is 0.667 bits per heavy atom. The number of hydrogen-bond donors (Lipinski definition) is 0. The Kier molecular flexibility index (Phi) is 13.1. The van der Waals surface area contributed by atoms with Crippen molar-refractivity contribution in [1.82, 2.24) is 4.90 Å². The van der Waals surface area contributed by atoms with Gasteiger partial charge in [-0.05, 0) is 216 Å². The van der Waals surface area contributed by atoms with Gasteiger partial charge in [0.1, 0.15) is 11.4 Å². The van der Waals surface area contributed by atoms with Crippen LogP contribution in [0, 0.1) is 75.4 Å². The standard InChI is InChI=1S/C60H93NO5/c1-57(2)36-58(3,4)38-59(37-57)52-11-9-8-10-47(52)54-50-34-49(41-14-12-39(13-15-41)40-16-24-45(62-5)25-17-40)53(64-7)35-51(50)56-48(55(54)59)28-29-60(66-56,43-20-26-46(63-6)27-21-43)42-18-22-44(23-19-42)61-30-32-65-33-31-61/h12,22,34,40-43,45-47,50-55H,8-11,13-21,23-33,35-38H2,1-7H3/t40?,41?,42-,43?,45?,46?,47+,50-,51?,52?,53?,54-,55?,60?/m1/s1. The first-order chi connectivity index (χ1) is 31.9. The SMILES string of the molecule is COC1CCC(C2=CCC(C3=C[C@@H]4C(CC3OC)C3=C(CCC(C5CCC(OC)CC5)([C@@H]5CC=C(N6CCOCC6)CC5)O3)C3[C@@H]4[C@H]4CCCCC4C34CC(C)(C)CC(C)(C)C4)CC2)CC1. The van der Waals surface area contributed by atoms with E-state index in [0.29, 0.717) is 64.0 Å². The van der Waals surface area contributed by atoms with Gasteiger partial charge in [0.2, 0.25) is 0 Å². The van der Waals surface area contributed by atoms with Crippen LogP contribution >= 0.6 is 0 Å². The number of fused-ring (bicyclic) bond motifs is 9. The van der Waals surface area contributed by atoms with Crippen LogP contribution in [-0.2, 0) is 23.7 Å². The minimum absolute atomic E-state index is 0.106. The summed E-state index contributed by atoms with van der Waals surface area (Å²) in [6.07, 6.45) is 40.2. The van der Waals surface area contributed by atoms with Crippen LogP contribution in [0.15, 0.2) is 46.4 Å². The number of morpholine rings is 1. The summed E-state index contributed by atoms with van der Waals surface area (Å²) in [5.41, 5.74) is 7.84. The highest BCUT2D eigenvalue weighted by Gasteiger charge is 2.69. The average molecular weight is 908 g/mol. The van der Waals surface area contributed by atoms with Gasteiger partial charge in [-0.1, -0.05) is 64.3 Å². The minimum Gasteiger partial charge on any atom is -0.491 e. The third-order valence-corrected chi connectivity index (χ3v) is 21.8. The molecule has 368 valence electrons. The van der Waals surface area contributed by atoms with Crippen LogP contribution in [0.5, 0.6) is 0 Å². The number of rotatable bonds is 8. The van der Waals surface area contributed by atoms with E-state index < -0.39 is 0 Å². The van der Waals surface area contributed by atoms with Crippen molar-refractivity contribution in [1.29, 1.82) is 0 Å². The first-order valence-corrected chi connectivity index (χ1v) is 28.4. The summed E-state index contributed by atoms with van der Waals surface area (Å²) in [6.45, 7) is 14.5. The summed E-state index contributed by atoms with van der Waals surface area (Å²) in [7, 11) is 5.91. The molecule has 1 spiro atoms. The number of allylic oxidation sites excluding steroid dienone is 7. The monoisotopic (exact) mass is 908 g/mol. The van der Waals surface area contributed by atoms with Crippen molar-refractivity contribution >= 4 is 0 Å². The molecule has 6 heteroatoms. The third-order valence-electron chi connectivity index (χ3n) is 21.8. The van der Waals surface area contributed by atoms with Gasteiger partial charge in [0.05, 0.1) is 31.5 Å². The summed E-state index contributed by atoms with van der Waals surface area (Å²) in [4.78, 5) is 2.64. The molecule has 0 N–H and O–H groups in total. The predicted octanol–water partition coefficient (Wildman–Crippen LogP) is 13.8. The second-order valence-electron chi connectivity index (χ2n) is 26.4. The zero-order valence-corrected chi connectivity index (χ0v) is 43.0. The second-order valence-corrected chi connectivity index (χ2v) is 26.4. The smallest absolute Gasteiger partial charge is 0.115 e. The van der Waals surface area contributed by atoms with Gasteiger partial charge in [-0.2, -0.15) is 0 Å². The van der Waals surface area contributed by atoms with Gasteiger partial charge >= 0.3 is 0 Å². The molecule has 2 aliphatic heterocycles. The Morgan fingerprint density at radius 2 is 1.38 bits per heavy atom. The molecule has 11 aliphatic rings. The molecule has 66 heavy (non-hydrogen) atoms. The molecule has 0 radical (unpaired) electrons. The Balaban J connectivity index is 0.998. The van der Waals surface area contributed by atoms with E-state index in [-0.39, 0.29) is 11.7 Å². The Morgan fingerprint density at radius 3 is 2.03 bits per heavy atom. The summed E-state index contributed by atoms with van der Waals surface area (Å²) in [5, 5.41) is 0. The fourth-order valence-corrected chi connectivity index (χ4v) is 20.0. The number of methoxy groups -OCH3 is 3. The molecule has 0 amide bonds. The minimum atomic E-state index is -0.106. The second kappa shape index (κ2) is 18.5. The lowest BCUT2D eigenvalue weighted by atomic mass is 9.46. The van der Waals surface area contributed by atoms with Crippen LogP contribution < -0.4 is 0 Å². The van der Waals surface area contributed by atoms with Crippen molar-refractivity contribution in [3.8, 4) is 0 Å². The molecule has 0 bridgehead atoms. The van der Waals surface area contributed by atoms with Crippen LogP contribution in [0.1, 0.15) is 182 Å². The number of nitrogens with zero attached hydrogens (tertiary/aromatic N) is 1. The lowest BCUT2D eigenvalue weighted by Gasteiger charge is -2.60. The molecule has 6 unspecified atom stereocenters. The molecule has 6 nitrogen and oxygen atoms in total. The van der Waals surface area contributed by atoms with Crippen molar-refractivity contribution in [2.24, 2.45) is 75.4 Å². The van der Waals surface area contributed by atoms with Gasteiger partial charge in [-0.15, -0.1) is 0 Å². The maximum atomic E-state index is 8.52. The normalized spacial score (nSPS) is 44.2. The van der Waals surface area contributed by atoms with E-state index in [2.05, 4.69) is 50.8 Å². The summed E-state index contributed by atoms with van der Waals surface area (Å²) < 4.78 is 33.0. The summed E-state index contributed by atoms with van der Waals surface area (Å²) in [5.74, 6) is 8.11. The highest BCUT2D eigenvalue weighted by molar-refractivity contribution is 5.38. The fraction of sp³-hybridized carbons (Fsp3) is 0.867. The molecular weight excluding hydrogens is 815 g/mol. The van der Waals surface area contributed by atoms with E-state index in [0.717, 1.165) is 62.8 Å². The maximum Gasteiger partial charge on any atom is 0.115 e. The molecule has 6 fully saturated rings. The van der Waals surface area contributed by atoms with Crippen LogP contribution in [0.4, 0.5) is 0 Å². The van der Waals surface area contributed by atoms with Crippen molar-refractivity contribution < 1.29 is 23.7 Å². The van der Waals surface area contributed by atoms with E-state index >= 15 is 0 Å². The molecule has 9 aliphatic carbocycles. The molecule has 0 aromatic heterocycles. The van der Waals surface area contributed by atoms with Crippen LogP contribution in [0.3, 0.4) is 0 Å². The highest BCUT2D eigenvalue weighted by Crippen LogP contribution is 2.76. The largest absolute Gasteiger partial charge is 0.491 e. The zero-order chi connectivity index (χ0) is 45.4. The van der Waals surface area contributed by atoms with E-state index in [1.54, 1.807) is 16.8 Å². The number of ether oxygens (including phenoxy) is 5. The van der Waals surface area contributed by atoms with Gasteiger partial charge in [0, 0.05) is 52.0 Å². The van der Waals surface area contributed by atoms with Crippen molar-refractivity contribution in [2.75, 3.05) is 47.6 Å². The van der Waals surface area contributed by atoms with E-state index in [1.165, 1.54) is 147 Å². The zero-order valence-electron chi connectivity index (χ0n) is 43.0. The van der Waals surface area contributed by atoms with E-state index in [1.807, 2.05) is 26.9 Å². The Labute approximate surface area is 402 Å². The van der Waals surface area contributed by atoms with Gasteiger partial charge in [-0.25, -0.2) is 0 Å². The van der Waals surface area contributed by atoms with Crippen molar-refractivity contribution in [3.63, 3.8) is 0 Å². The topological polar surface area (TPSA) is 49.4 Å². The van der Waals surface area contributed by atoms with Crippen LogP contribution in [0.25, 0.3) is 0 Å². The Hall–Kier alpha value is -1.60. The first-order valence-electron chi connectivity index (χ1n) is 28.4. The molecule has 11 rings (SSSR count). The predicted molar refractivity (Wildman–Crippen MR) is 266 cm³/mol. The van der Waals surface area contributed by atoms with E-state index in [4.69, 9.17) is 23.7 Å². The lowest BCUT2D eigenvalue weighted by molar-refractivity contribution is -0.151. The van der Waals surface area contributed by atoms with Crippen LogP contribution in [-0.4, -0.2) is 76.4 Å². The summed E-state index contributed by atoms with van der Waals surface area (Å²) >= 11 is 0. The number of hydrogen-bond acceptors (Lipinski definition) is 6. The molecule has 10 atom stereocenters. The first kappa shape index (κ1) is 46.8. The molecular formula is C60H93NO5. The average Bonchev–Trinajstić information content (AvgIpc) is 3.60. The lowest BCUT2D eigenvalue weighted by Crippen LogP contribution is -2.56. The van der Waals surface area contributed by atoms with Crippen molar-refractivity contribution in [3.05, 3.63) is 46.4 Å². The third kappa shape index (κ3) is 8.30. The quantitative estimate of drug-likeness (QED) is 0.226. The van der Waals surface area contributed by atoms with Crippen LogP contribution in [0.2, 0.25) is 0 Å².